The third-order valence-corrected chi connectivity index (χ3v) is 3.75. The van der Waals surface area contributed by atoms with Crippen LogP contribution >= 0.6 is 15.9 Å². The molecule has 1 aliphatic carbocycles. The zero-order valence-corrected chi connectivity index (χ0v) is 12.0. The fourth-order valence-electron chi connectivity index (χ4n) is 1.93. The summed E-state index contributed by atoms with van der Waals surface area (Å²) in [7, 11) is 0. The third-order valence-electron chi connectivity index (χ3n) is 3.22. The standard InChI is InChI=1S/C14H15BrN4/c15-11-5-3-10(4-6-11)12-8-18-14(16)19-13(12)17-7-9-1-2-9/h3-6,8-9H,1-2,7H2,(H3,16,17,18,19). The number of nitrogen functional groups attached to an aromatic ring is 1. The zero-order valence-electron chi connectivity index (χ0n) is 10.4. The molecule has 3 rings (SSSR count). The van der Waals surface area contributed by atoms with E-state index in [1.54, 1.807) is 6.20 Å². The molecule has 5 heteroatoms. The smallest absolute Gasteiger partial charge is 0.221 e. The SMILES string of the molecule is Nc1ncc(-c2ccc(Br)cc2)c(NCC2CC2)n1. The summed E-state index contributed by atoms with van der Waals surface area (Å²) in [6.07, 6.45) is 4.39. The van der Waals surface area contributed by atoms with Crippen LogP contribution in [0.25, 0.3) is 11.1 Å². The Labute approximate surface area is 120 Å². The first-order chi connectivity index (χ1) is 9.22. The minimum Gasteiger partial charge on any atom is -0.369 e. The molecule has 98 valence electrons. The molecule has 4 nitrogen and oxygen atoms in total. The first-order valence-electron chi connectivity index (χ1n) is 6.35. The maximum Gasteiger partial charge on any atom is 0.221 e. The van der Waals surface area contributed by atoms with E-state index in [1.807, 2.05) is 24.3 Å². The molecule has 1 aromatic heterocycles. The predicted molar refractivity (Wildman–Crippen MR) is 80.8 cm³/mol. The zero-order chi connectivity index (χ0) is 13.2. The van der Waals surface area contributed by atoms with Crippen molar-refractivity contribution in [1.82, 2.24) is 9.97 Å². The van der Waals surface area contributed by atoms with Crippen LogP contribution in [0.15, 0.2) is 34.9 Å². The highest BCUT2D eigenvalue weighted by molar-refractivity contribution is 9.10. The number of aromatic nitrogens is 2. The van der Waals surface area contributed by atoms with Gasteiger partial charge in [0, 0.05) is 22.8 Å². The quantitative estimate of drug-likeness (QED) is 0.907. The summed E-state index contributed by atoms with van der Waals surface area (Å²) < 4.78 is 1.06. The molecule has 0 amide bonds. The molecule has 0 radical (unpaired) electrons. The van der Waals surface area contributed by atoms with Crippen LogP contribution in [-0.2, 0) is 0 Å². The Hall–Kier alpha value is -1.62. The maximum absolute atomic E-state index is 5.68. The highest BCUT2D eigenvalue weighted by atomic mass is 79.9. The average molecular weight is 319 g/mol. The number of nitrogens with zero attached hydrogens (tertiary/aromatic N) is 2. The molecule has 2 aromatic rings. The van der Waals surface area contributed by atoms with Crippen LogP contribution in [0.3, 0.4) is 0 Å². The van der Waals surface area contributed by atoms with E-state index in [0.29, 0.717) is 5.95 Å². The topological polar surface area (TPSA) is 63.8 Å². The Balaban J connectivity index is 1.91. The summed E-state index contributed by atoms with van der Waals surface area (Å²) >= 11 is 3.44. The number of nitrogens with one attached hydrogen (secondary N) is 1. The molecule has 1 aromatic carbocycles. The van der Waals surface area contributed by atoms with E-state index in [1.165, 1.54) is 12.8 Å². The van der Waals surface area contributed by atoms with E-state index in [-0.39, 0.29) is 0 Å². The molecule has 19 heavy (non-hydrogen) atoms. The van der Waals surface area contributed by atoms with Crippen molar-refractivity contribution < 1.29 is 0 Å². The molecule has 0 saturated heterocycles. The van der Waals surface area contributed by atoms with Crippen LogP contribution in [-0.4, -0.2) is 16.5 Å². The molecule has 0 atom stereocenters. The van der Waals surface area contributed by atoms with Crippen molar-refractivity contribution in [3.8, 4) is 11.1 Å². The third kappa shape index (κ3) is 3.04. The van der Waals surface area contributed by atoms with Crippen LogP contribution in [0.1, 0.15) is 12.8 Å². The van der Waals surface area contributed by atoms with E-state index < -0.39 is 0 Å². The van der Waals surface area contributed by atoms with Crippen LogP contribution in [0.2, 0.25) is 0 Å². The van der Waals surface area contributed by atoms with E-state index in [2.05, 4.69) is 31.2 Å². The van der Waals surface area contributed by atoms with Crippen LogP contribution in [0.4, 0.5) is 11.8 Å². The molecule has 1 saturated carbocycles. The maximum atomic E-state index is 5.68. The van der Waals surface area contributed by atoms with Gasteiger partial charge >= 0.3 is 0 Å². The molecule has 0 spiro atoms. The molecular weight excluding hydrogens is 304 g/mol. The lowest BCUT2D eigenvalue weighted by Gasteiger charge is -2.11. The van der Waals surface area contributed by atoms with E-state index in [9.17, 15) is 0 Å². The van der Waals surface area contributed by atoms with Crippen molar-refractivity contribution in [1.29, 1.82) is 0 Å². The molecule has 1 fully saturated rings. The van der Waals surface area contributed by atoms with Crippen molar-refractivity contribution in [2.45, 2.75) is 12.8 Å². The van der Waals surface area contributed by atoms with E-state index >= 15 is 0 Å². The monoisotopic (exact) mass is 318 g/mol. The van der Waals surface area contributed by atoms with Gasteiger partial charge in [0.25, 0.3) is 0 Å². The van der Waals surface area contributed by atoms with Gasteiger partial charge in [0.1, 0.15) is 5.82 Å². The van der Waals surface area contributed by atoms with Gasteiger partial charge in [-0.05, 0) is 36.5 Å². The summed E-state index contributed by atoms with van der Waals surface area (Å²) in [5.74, 6) is 1.91. The van der Waals surface area contributed by atoms with Crippen molar-refractivity contribution in [2.24, 2.45) is 5.92 Å². The van der Waals surface area contributed by atoms with Crippen LogP contribution in [0.5, 0.6) is 0 Å². The van der Waals surface area contributed by atoms with Gasteiger partial charge in [-0.15, -0.1) is 0 Å². The number of nitrogens with two attached hydrogens (primary N) is 1. The molecule has 1 heterocycles. The Morgan fingerprint density at radius 2 is 2.00 bits per heavy atom. The Morgan fingerprint density at radius 3 is 2.68 bits per heavy atom. The first-order valence-corrected chi connectivity index (χ1v) is 7.14. The predicted octanol–water partition coefficient (Wildman–Crippen LogP) is 3.31. The normalized spacial score (nSPS) is 14.4. The van der Waals surface area contributed by atoms with Crippen molar-refractivity contribution in [2.75, 3.05) is 17.6 Å². The van der Waals surface area contributed by atoms with Gasteiger partial charge in [-0.3, -0.25) is 0 Å². The Morgan fingerprint density at radius 1 is 1.26 bits per heavy atom. The van der Waals surface area contributed by atoms with Crippen LogP contribution < -0.4 is 11.1 Å². The largest absolute Gasteiger partial charge is 0.369 e. The highest BCUT2D eigenvalue weighted by Crippen LogP contribution is 2.31. The first kappa shape index (κ1) is 12.4. The van der Waals surface area contributed by atoms with Gasteiger partial charge in [0.15, 0.2) is 0 Å². The second-order valence-electron chi connectivity index (χ2n) is 4.82. The summed E-state index contributed by atoms with van der Waals surface area (Å²) in [5.41, 5.74) is 7.75. The Bertz CT molecular complexity index is 578. The lowest BCUT2D eigenvalue weighted by Crippen LogP contribution is -2.08. The van der Waals surface area contributed by atoms with Gasteiger partial charge < -0.3 is 11.1 Å². The van der Waals surface area contributed by atoms with Gasteiger partial charge in [0.2, 0.25) is 5.95 Å². The fourth-order valence-corrected chi connectivity index (χ4v) is 2.20. The van der Waals surface area contributed by atoms with E-state index in [4.69, 9.17) is 5.73 Å². The van der Waals surface area contributed by atoms with Crippen molar-refractivity contribution >= 4 is 27.7 Å². The minimum atomic E-state index is 0.305. The van der Waals surface area contributed by atoms with Crippen molar-refractivity contribution in [3.05, 3.63) is 34.9 Å². The van der Waals surface area contributed by atoms with Gasteiger partial charge in [-0.1, -0.05) is 28.1 Å². The number of hydrogen-bond donors (Lipinski definition) is 2. The molecule has 1 aliphatic rings. The van der Waals surface area contributed by atoms with Gasteiger partial charge in [-0.25, -0.2) is 4.98 Å². The number of benzene rings is 1. The Kier molecular flexibility index (Phi) is 3.38. The fraction of sp³-hybridized carbons (Fsp3) is 0.286. The lowest BCUT2D eigenvalue weighted by molar-refractivity contribution is 0.882. The van der Waals surface area contributed by atoms with Crippen molar-refractivity contribution in [3.63, 3.8) is 0 Å². The molecular formula is C14H15BrN4. The number of hydrogen-bond acceptors (Lipinski definition) is 4. The summed E-state index contributed by atoms with van der Waals surface area (Å²) in [6, 6.07) is 8.11. The average Bonchev–Trinajstić information content (AvgIpc) is 3.22. The summed E-state index contributed by atoms with van der Waals surface area (Å²) in [6.45, 7) is 0.958. The van der Waals surface area contributed by atoms with E-state index in [0.717, 1.165) is 33.9 Å². The summed E-state index contributed by atoms with van der Waals surface area (Å²) in [4.78, 5) is 8.41. The highest BCUT2D eigenvalue weighted by Gasteiger charge is 2.21. The van der Waals surface area contributed by atoms with Crippen LogP contribution in [0, 0.1) is 5.92 Å². The van der Waals surface area contributed by atoms with Gasteiger partial charge in [0.05, 0.1) is 0 Å². The minimum absolute atomic E-state index is 0.305. The molecule has 0 unspecified atom stereocenters. The molecule has 3 N–H and O–H groups in total. The number of halogens is 1. The number of rotatable bonds is 4. The second kappa shape index (κ2) is 5.17. The second-order valence-corrected chi connectivity index (χ2v) is 5.74. The molecule has 0 bridgehead atoms. The van der Waals surface area contributed by atoms with Gasteiger partial charge in [-0.2, -0.15) is 4.98 Å². The molecule has 0 aliphatic heterocycles. The number of anilines is 2. The lowest BCUT2D eigenvalue weighted by atomic mass is 10.1. The summed E-state index contributed by atoms with van der Waals surface area (Å²) in [5, 5.41) is 3.39.